The summed E-state index contributed by atoms with van der Waals surface area (Å²) < 4.78 is 4.78. The minimum absolute atomic E-state index is 0.265. The van der Waals surface area contributed by atoms with Gasteiger partial charge < -0.3 is 10.1 Å². The van der Waals surface area contributed by atoms with E-state index < -0.39 is 11.2 Å². The van der Waals surface area contributed by atoms with Gasteiger partial charge >= 0.3 is 5.97 Å². The predicted molar refractivity (Wildman–Crippen MR) is 115 cm³/mol. The van der Waals surface area contributed by atoms with Crippen LogP contribution in [-0.2, 0) is 9.53 Å². The summed E-state index contributed by atoms with van der Waals surface area (Å²) in [7, 11) is 1.29. The van der Waals surface area contributed by atoms with E-state index in [4.69, 9.17) is 4.74 Å². The maximum absolute atomic E-state index is 13.2. The highest BCUT2D eigenvalue weighted by atomic mass is 32.2. The standard InChI is InChI=1S/C22H18N2O3S2/c1-14-17(13-23)21(29-18(14)22(26)27-2)24-20(25)19(15-9-5-3-6-10-15)28-16-11-7-4-8-12-16/h3-12,19H,1-2H3,(H,24,25)/t19-/m1/s1. The van der Waals surface area contributed by atoms with Crippen molar-refractivity contribution in [1.29, 1.82) is 5.26 Å². The van der Waals surface area contributed by atoms with Gasteiger partial charge in [0.05, 0.1) is 12.7 Å². The Kier molecular flexibility index (Phi) is 6.70. The molecule has 0 spiro atoms. The Hall–Kier alpha value is -3.08. The lowest BCUT2D eigenvalue weighted by Crippen LogP contribution is -2.19. The highest BCUT2D eigenvalue weighted by Gasteiger charge is 2.26. The molecule has 1 atom stereocenters. The molecule has 0 saturated heterocycles. The van der Waals surface area contributed by atoms with Crippen molar-refractivity contribution >= 4 is 40.0 Å². The molecular weight excluding hydrogens is 404 g/mol. The van der Waals surface area contributed by atoms with Crippen molar-refractivity contribution in [2.45, 2.75) is 17.1 Å². The smallest absolute Gasteiger partial charge is 0.348 e. The third-order valence-corrected chi connectivity index (χ3v) is 6.66. The number of nitrogens with zero attached hydrogens (tertiary/aromatic N) is 1. The van der Waals surface area contributed by atoms with Crippen LogP contribution in [0.1, 0.15) is 31.6 Å². The van der Waals surface area contributed by atoms with Gasteiger partial charge in [-0.15, -0.1) is 23.1 Å². The Morgan fingerprint density at radius 2 is 1.72 bits per heavy atom. The molecule has 0 bridgehead atoms. The second-order valence-corrected chi connectivity index (χ2v) is 8.27. The molecule has 0 unspecified atom stereocenters. The number of amides is 1. The Morgan fingerprint density at radius 3 is 2.31 bits per heavy atom. The fourth-order valence-electron chi connectivity index (χ4n) is 2.74. The topological polar surface area (TPSA) is 79.2 Å². The van der Waals surface area contributed by atoms with Gasteiger partial charge in [-0.3, -0.25) is 4.79 Å². The number of carbonyl (C=O) groups is 2. The fourth-order valence-corrected chi connectivity index (χ4v) is 4.86. The summed E-state index contributed by atoms with van der Waals surface area (Å²) in [5.41, 5.74) is 1.63. The first-order chi connectivity index (χ1) is 14.0. The Balaban J connectivity index is 1.93. The number of hydrogen-bond donors (Lipinski definition) is 1. The third-order valence-electron chi connectivity index (χ3n) is 4.20. The zero-order valence-electron chi connectivity index (χ0n) is 15.8. The van der Waals surface area contributed by atoms with Gasteiger partial charge in [-0.1, -0.05) is 48.5 Å². The number of thioether (sulfide) groups is 1. The summed E-state index contributed by atoms with van der Waals surface area (Å²) in [5, 5.41) is 12.2. The van der Waals surface area contributed by atoms with Gasteiger partial charge in [0.1, 0.15) is 21.2 Å². The number of hydrogen-bond acceptors (Lipinski definition) is 6. The Bertz CT molecular complexity index is 1060. The fraction of sp³-hybridized carbons (Fsp3) is 0.136. The lowest BCUT2D eigenvalue weighted by Gasteiger charge is -2.16. The summed E-state index contributed by atoms with van der Waals surface area (Å²) in [6, 6.07) is 21.2. The monoisotopic (exact) mass is 422 g/mol. The SMILES string of the molecule is COC(=O)c1sc(NC(=O)[C@H](Sc2ccccc2)c2ccccc2)c(C#N)c1C. The largest absolute Gasteiger partial charge is 0.465 e. The van der Waals surface area contributed by atoms with Crippen molar-refractivity contribution in [3.05, 3.63) is 82.2 Å². The number of nitriles is 1. The van der Waals surface area contributed by atoms with Crippen molar-refractivity contribution in [3.8, 4) is 6.07 Å². The summed E-state index contributed by atoms with van der Waals surface area (Å²) in [5.74, 6) is -0.790. The van der Waals surface area contributed by atoms with E-state index in [0.29, 0.717) is 15.4 Å². The van der Waals surface area contributed by atoms with E-state index in [-0.39, 0.29) is 11.5 Å². The second-order valence-electron chi connectivity index (χ2n) is 6.07. The maximum atomic E-state index is 13.2. The highest BCUT2D eigenvalue weighted by Crippen LogP contribution is 2.38. The third kappa shape index (κ3) is 4.67. The van der Waals surface area contributed by atoms with E-state index in [9.17, 15) is 14.9 Å². The zero-order chi connectivity index (χ0) is 20.8. The summed E-state index contributed by atoms with van der Waals surface area (Å²) >= 11 is 2.47. The summed E-state index contributed by atoms with van der Waals surface area (Å²) in [6.07, 6.45) is 0. The molecule has 0 saturated carbocycles. The number of carbonyl (C=O) groups excluding carboxylic acids is 2. The molecular formula is C22H18N2O3S2. The molecule has 146 valence electrons. The minimum Gasteiger partial charge on any atom is -0.465 e. The van der Waals surface area contributed by atoms with Crippen molar-refractivity contribution in [2.24, 2.45) is 0 Å². The lowest BCUT2D eigenvalue weighted by atomic mass is 10.1. The number of nitrogens with one attached hydrogen (secondary N) is 1. The van der Waals surface area contributed by atoms with Crippen molar-refractivity contribution in [2.75, 3.05) is 12.4 Å². The van der Waals surface area contributed by atoms with Crippen LogP contribution in [0.5, 0.6) is 0 Å². The number of methoxy groups -OCH3 is 1. The Labute approximate surface area is 177 Å². The molecule has 1 amide bonds. The van der Waals surface area contributed by atoms with Gasteiger partial charge in [-0.25, -0.2) is 4.79 Å². The van der Waals surface area contributed by atoms with Crippen LogP contribution in [0.25, 0.3) is 0 Å². The zero-order valence-corrected chi connectivity index (χ0v) is 17.5. The molecule has 7 heteroatoms. The maximum Gasteiger partial charge on any atom is 0.348 e. The Morgan fingerprint density at radius 1 is 1.10 bits per heavy atom. The molecule has 3 rings (SSSR count). The number of esters is 1. The molecule has 0 aliphatic rings. The molecule has 1 aromatic heterocycles. The van der Waals surface area contributed by atoms with Crippen LogP contribution in [0.15, 0.2) is 65.6 Å². The van der Waals surface area contributed by atoms with Gasteiger partial charge in [0.15, 0.2) is 0 Å². The summed E-state index contributed by atoms with van der Waals surface area (Å²) in [4.78, 5) is 26.4. The molecule has 2 aromatic carbocycles. The van der Waals surface area contributed by atoms with Crippen LogP contribution in [0.4, 0.5) is 5.00 Å². The molecule has 5 nitrogen and oxygen atoms in total. The van der Waals surface area contributed by atoms with Gasteiger partial charge in [-0.2, -0.15) is 5.26 Å². The van der Waals surface area contributed by atoms with Gasteiger partial charge in [0, 0.05) is 4.90 Å². The number of anilines is 1. The molecule has 3 aromatic rings. The lowest BCUT2D eigenvalue weighted by molar-refractivity contribution is -0.115. The van der Waals surface area contributed by atoms with Gasteiger partial charge in [0.2, 0.25) is 5.91 Å². The molecule has 0 radical (unpaired) electrons. The van der Waals surface area contributed by atoms with E-state index in [1.807, 2.05) is 60.7 Å². The first kappa shape index (κ1) is 20.6. The second kappa shape index (κ2) is 9.41. The molecule has 1 N–H and O–H groups in total. The van der Waals surface area contributed by atoms with E-state index in [1.54, 1.807) is 6.92 Å². The number of ether oxygens (including phenoxy) is 1. The first-order valence-corrected chi connectivity index (χ1v) is 10.4. The first-order valence-electron chi connectivity index (χ1n) is 8.74. The van der Waals surface area contributed by atoms with Crippen molar-refractivity contribution in [1.82, 2.24) is 0 Å². The number of rotatable bonds is 6. The van der Waals surface area contributed by atoms with E-state index in [2.05, 4.69) is 11.4 Å². The highest BCUT2D eigenvalue weighted by molar-refractivity contribution is 8.00. The number of benzene rings is 2. The number of thiophene rings is 1. The van der Waals surface area contributed by atoms with Crippen LogP contribution >= 0.6 is 23.1 Å². The minimum atomic E-state index is -0.525. The molecule has 0 aliphatic carbocycles. The molecule has 1 heterocycles. The van der Waals surface area contributed by atoms with Crippen LogP contribution in [0, 0.1) is 18.3 Å². The van der Waals surface area contributed by atoms with E-state index in [0.717, 1.165) is 21.8 Å². The average molecular weight is 423 g/mol. The van der Waals surface area contributed by atoms with Crippen molar-refractivity contribution < 1.29 is 14.3 Å². The molecule has 0 aliphatic heterocycles. The average Bonchev–Trinajstić information content (AvgIpc) is 3.07. The quantitative estimate of drug-likeness (QED) is 0.437. The normalized spacial score (nSPS) is 11.3. The molecule has 0 fully saturated rings. The van der Waals surface area contributed by atoms with Crippen molar-refractivity contribution in [3.63, 3.8) is 0 Å². The van der Waals surface area contributed by atoms with Crippen LogP contribution < -0.4 is 5.32 Å². The van der Waals surface area contributed by atoms with E-state index in [1.165, 1.54) is 18.9 Å². The predicted octanol–water partition coefficient (Wildman–Crippen LogP) is 5.19. The molecule has 29 heavy (non-hydrogen) atoms. The van der Waals surface area contributed by atoms with E-state index >= 15 is 0 Å². The summed E-state index contributed by atoms with van der Waals surface area (Å²) in [6.45, 7) is 1.67. The van der Waals surface area contributed by atoms with Gasteiger partial charge in [-0.05, 0) is 30.2 Å². The van der Waals surface area contributed by atoms with Gasteiger partial charge in [0.25, 0.3) is 0 Å². The van der Waals surface area contributed by atoms with Crippen LogP contribution in [-0.4, -0.2) is 19.0 Å². The van der Waals surface area contributed by atoms with Crippen LogP contribution in [0.2, 0.25) is 0 Å². The van der Waals surface area contributed by atoms with Crippen LogP contribution in [0.3, 0.4) is 0 Å².